The minimum atomic E-state index is -0.414. The first-order valence-electron chi connectivity index (χ1n) is 5.15. The molecule has 0 spiro atoms. The standard InChI is InChI=1S/C11H14N2O2S/c1-12-8(4-5-16)7-2-3-10-9(6-7)13-11(14)15-10/h2-3,6,8,12,16H,4-5H2,1H3,(H,13,14). The number of fused-ring (bicyclic) bond motifs is 1. The summed E-state index contributed by atoms with van der Waals surface area (Å²) in [7, 11) is 1.91. The quantitative estimate of drug-likeness (QED) is 0.711. The molecule has 0 fully saturated rings. The largest absolute Gasteiger partial charge is 0.417 e. The van der Waals surface area contributed by atoms with Crippen LogP contribution in [0.4, 0.5) is 0 Å². The van der Waals surface area contributed by atoms with Crippen LogP contribution in [0.3, 0.4) is 0 Å². The van der Waals surface area contributed by atoms with Gasteiger partial charge in [0, 0.05) is 6.04 Å². The third-order valence-corrected chi connectivity index (χ3v) is 2.87. The SMILES string of the molecule is CNC(CCS)c1ccc2oc(=O)[nH]c2c1. The number of aromatic nitrogens is 1. The number of hydrogen-bond donors (Lipinski definition) is 3. The Hall–Kier alpha value is -1.20. The molecule has 0 bridgehead atoms. The average molecular weight is 238 g/mol. The summed E-state index contributed by atoms with van der Waals surface area (Å²) in [4.78, 5) is 13.7. The molecule has 16 heavy (non-hydrogen) atoms. The van der Waals surface area contributed by atoms with E-state index in [1.807, 2.05) is 25.2 Å². The molecule has 1 unspecified atom stereocenters. The van der Waals surface area contributed by atoms with Crippen molar-refractivity contribution in [3.8, 4) is 0 Å². The molecule has 1 atom stereocenters. The van der Waals surface area contributed by atoms with E-state index < -0.39 is 5.76 Å². The summed E-state index contributed by atoms with van der Waals surface area (Å²) in [5.41, 5.74) is 2.46. The van der Waals surface area contributed by atoms with Gasteiger partial charge in [0.1, 0.15) is 0 Å². The molecule has 1 aromatic carbocycles. The first kappa shape index (κ1) is 11.3. The molecule has 1 heterocycles. The number of benzene rings is 1. The van der Waals surface area contributed by atoms with Crippen molar-refractivity contribution in [3.63, 3.8) is 0 Å². The maximum Gasteiger partial charge on any atom is 0.417 e. The van der Waals surface area contributed by atoms with Crippen LogP contribution in [0.5, 0.6) is 0 Å². The second kappa shape index (κ2) is 4.76. The molecule has 0 saturated carbocycles. The van der Waals surface area contributed by atoms with Crippen molar-refractivity contribution in [1.82, 2.24) is 10.3 Å². The van der Waals surface area contributed by atoms with E-state index in [1.165, 1.54) is 0 Å². The van der Waals surface area contributed by atoms with Crippen LogP contribution < -0.4 is 11.1 Å². The monoisotopic (exact) mass is 238 g/mol. The summed E-state index contributed by atoms with van der Waals surface area (Å²) in [5, 5.41) is 3.22. The van der Waals surface area contributed by atoms with E-state index in [0.29, 0.717) is 5.58 Å². The summed E-state index contributed by atoms with van der Waals surface area (Å²) in [6.07, 6.45) is 0.938. The molecular weight excluding hydrogens is 224 g/mol. The van der Waals surface area contributed by atoms with Crippen LogP contribution in [0.15, 0.2) is 27.4 Å². The van der Waals surface area contributed by atoms with Gasteiger partial charge in [0.05, 0.1) is 5.52 Å². The second-order valence-electron chi connectivity index (χ2n) is 3.62. The Morgan fingerprint density at radius 3 is 3.06 bits per heavy atom. The fourth-order valence-electron chi connectivity index (χ4n) is 1.79. The van der Waals surface area contributed by atoms with Crippen molar-refractivity contribution in [2.24, 2.45) is 0 Å². The maximum atomic E-state index is 11.0. The lowest BCUT2D eigenvalue weighted by atomic mass is 10.0. The number of nitrogens with one attached hydrogen (secondary N) is 2. The van der Waals surface area contributed by atoms with Crippen molar-refractivity contribution >= 4 is 23.7 Å². The predicted molar refractivity (Wildman–Crippen MR) is 67.1 cm³/mol. The van der Waals surface area contributed by atoms with Gasteiger partial charge in [0.25, 0.3) is 0 Å². The molecule has 0 amide bonds. The Morgan fingerprint density at radius 2 is 2.38 bits per heavy atom. The van der Waals surface area contributed by atoms with E-state index >= 15 is 0 Å². The Kier molecular flexibility index (Phi) is 3.36. The van der Waals surface area contributed by atoms with E-state index in [-0.39, 0.29) is 6.04 Å². The summed E-state index contributed by atoms with van der Waals surface area (Å²) < 4.78 is 4.95. The number of thiol groups is 1. The molecule has 2 rings (SSSR count). The number of hydrogen-bond acceptors (Lipinski definition) is 4. The Labute approximate surface area is 98.5 Å². The molecule has 0 aliphatic heterocycles. The smallest absolute Gasteiger partial charge is 0.408 e. The molecule has 1 aromatic heterocycles. The van der Waals surface area contributed by atoms with E-state index in [4.69, 9.17) is 4.42 Å². The zero-order valence-corrected chi connectivity index (χ0v) is 9.88. The number of oxazole rings is 1. The van der Waals surface area contributed by atoms with E-state index in [9.17, 15) is 4.79 Å². The zero-order valence-electron chi connectivity index (χ0n) is 8.99. The van der Waals surface area contributed by atoms with Crippen LogP contribution in [-0.4, -0.2) is 17.8 Å². The molecule has 2 aromatic rings. The molecule has 2 N–H and O–H groups in total. The van der Waals surface area contributed by atoms with Gasteiger partial charge in [-0.05, 0) is 36.9 Å². The number of aromatic amines is 1. The normalized spacial score (nSPS) is 13.1. The highest BCUT2D eigenvalue weighted by Crippen LogP contribution is 2.20. The molecule has 0 radical (unpaired) electrons. The fraction of sp³-hybridized carbons (Fsp3) is 0.364. The van der Waals surface area contributed by atoms with Crippen LogP contribution in [-0.2, 0) is 0 Å². The highest BCUT2D eigenvalue weighted by molar-refractivity contribution is 7.80. The minimum absolute atomic E-state index is 0.250. The van der Waals surface area contributed by atoms with Crippen LogP contribution in [0.1, 0.15) is 18.0 Å². The maximum absolute atomic E-state index is 11.0. The number of rotatable bonds is 4. The topological polar surface area (TPSA) is 58.0 Å². The van der Waals surface area contributed by atoms with Gasteiger partial charge in [0.2, 0.25) is 0 Å². The summed E-state index contributed by atoms with van der Waals surface area (Å²) >= 11 is 4.23. The van der Waals surface area contributed by atoms with E-state index in [1.54, 1.807) is 0 Å². The van der Waals surface area contributed by atoms with Gasteiger partial charge in [0.15, 0.2) is 5.58 Å². The van der Waals surface area contributed by atoms with Gasteiger partial charge in [-0.3, -0.25) is 4.98 Å². The first-order chi connectivity index (χ1) is 7.74. The second-order valence-corrected chi connectivity index (χ2v) is 4.07. The van der Waals surface area contributed by atoms with Crippen molar-refractivity contribution in [2.75, 3.05) is 12.8 Å². The van der Waals surface area contributed by atoms with E-state index in [0.717, 1.165) is 23.3 Å². The number of H-pyrrole nitrogens is 1. The lowest BCUT2D eigenvalue weighted by molar-refractivity contribution is 0.555. The fourth-order valence-corrected chi connectivity index (χ4v) is 2.05. The first-order valence-corrected chi connectivity index (χ1v) is 5.78. The van der Waals surface area contributed by atoms with Crippen molar-refractivity contribution in [1.29, 1.82) is 0 Å². The molecule has 4 nitrogen and oxygen atoms in total. The summed E-state index contributed by atoms with van der Waals surface area (Å²) in [6.45, 7) is 0. The Morgan fingerprint density at radius 1 is 1.56 bits per heavy atom. The predicted octanol–water partition coefficient (Wildman–Crippen LogP) is 1.70. The zero-order chi connectivity index (χ0) is 11.5. The van der Waals surface area contributed by atoms with Crippen molar-refractivity contribution < 1.29 is 4.42 Å². The van der Waals surface area contributed by atoms with Crippen molar-refractivity contribution in [2.45, 2.75) is 12.5 Å². The van der Waals surface area contributed by atoms with Crippen molar-refractivity contribution in [3.05, 3.63) is 34.3 Å². The lowest BCUT2D eigenvalue weighted by Crippen LogP contribution is -2.16. The molecule has 86 valence electrons. The molecule has 0 saturated heterocycles. The molecular formula is C11H14N2O2S. The highest BCUT2D eigenvalue weighted by atomic mass is 32.1. The molecule has 0 aliphatic carbocycles. The average Bonchev–Trinajstić information content (AvgIpc) is 2.64. The minimum Gasteiger partial charge on any atom is -0.408 e. The van der Waals surface area contributed by atoms with Gasteiger partial charge in [-0.1, -0.05) is 6.07 Å². The van der Waals surface area contributed by atoms with Gasteiger partial charge >= 0.3 is 5.76 Å². The third kappa shape index (κ3) is 2.15. The third-order valence-electron chi connectivity index (χ3n) is 2.61. The van der Waals surface area contributed by atoms with Gasteiger partial charge < -0.3 is 9.73 Å². The van der Waals surface area contributed by atoms with Gasteiger partial charge in [-0.2, -0.15) is 12.6 Å². The molecule has 5 heteroatoms. The Balaban J connectivity index is 2.40. The molecule has 0 aliphatic rings. The summed E-state index contributed by atoms with van der Waals surface area (Å²) in [6, 6.07) is 5.96. The van der Waals surface area contributed by atoms with Gasteiger partial charge in [-0.25, -0.2) is 4.79 Å². The van der Waals surface area contributed by atoms with Crippen LogP contribution in [0.2, 0.25) is 0 Å². The van der Waals surface area contributed by atoms with Crippen LogP contribution in [0.25, 0.3) is 11.1 Å². The van der Waals surface area contributed by atoms with E-state index in [2.05, 4.69) is 22.9 Å². The van der Waals surface area contributed by atoms with Crippen LogP contribution in [0, 0.1) is 0 Å². The Bertz CT molecular complexity index is 532. The highest BCUT2D eigenvalue weighted by Gasteiger charge is 2.10. The summed E-state index contributed by atoms with van der Waals surface area (Å²) in [5.74, 6) is 0.396. The van der Waals surface area contributed by atoms with Crippen LogP contribution >= 0.6 is 12.6 Å². The lowest BCUT2D eigenvalue weighted by Gasteiger charge is -2.14. The van der Waals surface area contributed by atoms with Gasteiger partial charge in [-0.15, -0.1) is 0 Å².